The number of benzene rings is 1. The fourth-order valence-corrected chi connectivity index (χ4v) is 3.56. The van der Waals surface area contributed by atoms with Gasteiger partial charge in [-0.25, -0.2) is 12.8 Å². The monoisotopic (exact) mass is 317 g/mol. The van der Waals surface area contributed by atoms with Gasteiger partial charge in [-0.1, -0.05) is 5.16 Å². The van der Waals surface area contributed by atoms with Crippen molar-refractivity contribution in [1.29, 1.82) is 0 Å². The number of anilines is 1. The Morgan fingerprint density at radius 2 is 2.10 bits per heavy atom. The van der Waals surface area contributed by atoms with Crippen LogP contribution in [0.15, 0.2) is 23.4 Å². The molecule has 7 nitrogen and oxygen atoms in total. The van der Waals surface area contributed by atoms with Gasteiger partial charge < -0.3 is 15.7 Å². The minimum Gasteiger partial charge on any atom is -0.409 e. The van der Waals surface area contributed by atoms with E-state index in [0.717, 1.165) is 12.1 Å². The molecule has 0 unspecified atom stereocenters. The molecule has 0 saturated carbocycles. The zero-order valence-electron chi connectivity index (χ0n) is 11.1. The number of hydrogen-bond donors (Lipinski definition) is 3. The van der Waals surface area contributed by atoms with Crippen LogP contribution in [-0.4, -0.2) is 37.9 Å². The van der Waals surface area contributed by atoms with Gasteiger partial charge in [0.1, 0.15) is 5.82 Å². The number of halogens is 1. The van der Waals surface area contributed by atoms with Crippen LogP contribution in [0, 0.1) is 5.82 Å². The van der Waals surface area contributed by atoms with Crippen molar-refractivity contribution in [3.05, 3.63) is 29.6 Å². The molecule has 4 N–H and O–H groups in total. The summed E-state index contributed by atoms with van der Waals surface area (Å²) in [7, 11) is -3.66. The number of nitrogens with one attached hydrogen (secondary N) is 1. The highest BCUT2D eigenvalue weighted by Gasteiger charge is 2.28. The normalized spacial score (nSPS) is 17.7. The Labute approximate surface area is 121 Å². The molecule has 1 aromatic carbocycles. The third-order valence-corrected chi connectivity index (χ3v) is 5.08. The van der Waals surface area contributed by atoms with Gasteiger partial charge in [-0.05, 0) is 31.0 Å². The van der Waals surface area contributed by atoms with Crippen LogP contribution < -0.4 is 10.5 Å². The van der Waals surface area contributed by atoms with Crippen molar-refractivity contribution in [3.8, 4) is 0 Å². The second-order valence-electron chi connectivity index (χ2n) is 4.63. The molecule has 0 bridgehead atoms. The van der Waals surface area contributed by atoms with Crippen LogP contribution in [0.4, 0.5) is 10.1 Å². The average Bonchev–Trinajstić information content (AvgIpc) is 2.49. The van der Waals surface area contributed by atoms with Crippen molar-refractivity contribution in [3.63, 3.8) is 0 Å². The summed E-state index contributed by atoms with van der Waals surface area (Å²) in [4.78, 5) is 0. The van der Waals surface area contributed by atoms with Gasteiger partial charge in [-0.3, -0.25) is 4.72 Å². The lowest BCUT2D eigenvalue weighted by atomic mass is 10.1. The van der Waals surface area contributed by atoms with Gasteiger partial charge in [0.05, 0.1) is 10.9 Å². The molecular formula is C12H16FN3O4S. The van der Waals surface area contributed by atoms with Crippen LogP contribution >= 0.6 is 0 Å². The molecule has 1 saturated heterocycles. The van der Waals surface area contributed by atoms with E-state index in [1.807, 2.05) is 0 Å². The Bertz CT molecular complexity index is 642. The summed E-state index contributed by atoms with van der Waals surface area (Å²) >= 11 is 0. The molecule has 1 aromatic rings. The molecule has 2 rings (SSSR count). The molecule has 0 radical (unpaired) electrons. The van der Waals surface area contributed by atoms with E-state index < -0.39 is 21.1 Å². The van der Waals surface area contributed by atoms with Crippen molar-refractivity contribution < 1.29 is 22.8 Å². The average molecular weight is 317 g/mol. The third-order valence-electron chi connectivity index (χ3n) is 3.22. The van der Waals surface area contributed by atoms with Crippen LogP contribution in [0.5, 0.6) is 0 Å². The zero-order chi connectivity index (χ0) is 15.5. The fourth-order valence-electron chi connectivity index (χ4n) is 2.09. The van der Waals surface area contributed by atoms with E-state index >= 15 is 0 Å². The predicted octanol–water partition coefficient (Wildman–Crippen LogP) is 0.841. The Balaban J connectivity index is 2.30. The molecule has 1 aliphatic heterocycles. The first-order valence-corrected chi connectivity index (χ1v) is 7.85. The van der Waals surface area contributed by atoms with E-state index in [-0.39, 0.29) is 17.1 Å². The fraction of sp³-hybridized carbons (Fsp3) is 0.417. The topological polar surface area (TPSA) is 114 Å². The minimum atomic E-state index is -3.66. The molecule has 0 aromatic heterocycles. The van der Waals surface area contributed by atoms with Crippen molar-refractivity contribution in [2.24, 2.45) is 10.9 Å². The molecule has 116 valence electrons. The molecule has 1 fully saturated rings. The summed E-state index contributed by atoms with van der Waals surface area (Å²) in [6, 6.07) is 3.33. The van der Waals surface area contributed by atoms with Crippen LogP contribution in [0.1, 0.15) is 18.4 Å². The first kappa shape index (κ1) is 15.5. The Kier molecular flexibility index (Phi) is 4.63. The summed E-state index contributed by atoms with van der Waals surface area (Å²) in [6.07, 6.45) is 0.769. The molecule has 9 heteroatoms. The lowest BCUT2D eigenvalue weighted by Crippen LogP contribution is -2.33. The summed E-state index contributed by atoms with van der Waals surface area (Å²) in [5.74, 6) is -0.996. The first-order valence-electron chi connectivity index (χ1n) is 6.31. The number of oxime groups is 1. The first-order chi connectivity index (χ1) is 9.94. The Hall–Kier alpha value is -1.87. The number of ether oxygens (including phenoxy) is 1. The second-order valence-corrected chi connectivity index (χ2v) is 6.59. The van der Waals surface area contributed by atoms with Gasteiger partial charge in [0.15, 0.2) is 5.84 Å². The molecule has 21 heavy (non-hydrogen) atoms. The zero-order valence-corrected chi connectivity index (χ0v) is 11.9. The molecule has 1 aliphatic rings. The van der Waals surface area contributed by atoms with E-state index in [4.69, 9.17) is 15.7 Å². The van der Waals surface area contributed by atoms with E-state index in [1.54, 1.807) is 0 Å². The third kappa shape index (κ3) is 3.61. The number of nitrogens with two attached hydrogens (primary N) is 1. The van der Waals surface area contributed by atoms with Gasteiger partial charge in [0.25, 0.3) is 0 Å². The molecule has 0 atom stereocenters. The smallest absolute Gasteiger partial charge is 0.235 e. The van der Waals surface area contributed by atoms with E-state index in [2.05, 4.69) is 9.88 Å². The largest absolute Gasteiger partial charge is 0.409 e. The Morgan fingerprint density at radius 3 is 2.71 bits per heavy atom. The maximum Gasteiger partial charge on any atom is 0.235 e. The summed E-state index contributed by atoms with van der Waals surface area (Å²) < 4.78 is 45.3. The van der Waals surface area contributed by atoms with Crippen LogP contribution in [0.25, 0.3) is 0 Å². The maximum absolute atomic E-state index is 13.2. The van der Waals surface area contributed by atoms with Crippen molar-refractivity contribution in [2.45, 2.75) is 18.1 Å². The molecule has 0 aliphatic carbocycles. The summed E-state index contributed by atoms with van der Waals surface area (Å²) in [5.41, 5.74) is 5.49. The highest BCUT2D eigenvalue weighted by Crippen LogP contribution is 2.23. The van der Waals surface area contributed by atoms with Crippen LogP contribution in [0.2, 0.25) is 0 Å². The van der Waals surface area contributed by atoms with Gasteiger partial charge in [0, 0.05) is 18.8 Å². The number of hydrogen-bond acceptors (Lipinski definition) is 5. The maximum atomic E-state index is 13.2. The van der Waals surface area contributed by atoms with Crippen LogP contribution in [0.3, 0.4) is 0 Å². The van der Waals surface area contributed by atoms with Crippen molar-refractivity contribution in [2.75, 3.05) is 17.9 Å². The molecule has 0 spiro atoms. The van der Waals surface area contributed by atoms with Crippen molar-refractivity contribution >= 4 is 21.5 Å². The van der Waals surface area contributed by atoms with Gasteiger partial charge in [-0.15, -0.1) is 0 Å². The van der Waals surface area contributed by atoms with Gasteiger partial charge in [0.2, 0.25) is 10.0 Å². The summed E-state index contributed by atoms with van der Waals surface area (Å²) in [6.45, 7) is 0.754. The number of nitrogens with zero attached hydrogens (tertiary/aromatic N) is 1. The highest BCUT2D eigenvalue weighted by atomic mass is 32.2. The second kappa shape index (κ2) is 6.27. The lowest BCUT2D eigenvalue weighted by Gasteiger charge is -2.23. The van der Waals surface area contributed by atoms with Crippen LogP contribution in [-0.2, 0) is 14.8 Å². The molecular weight excluding hydrogens is 301 g/mol. The van der Waals surface area contributed by atoms with Gasteiger partial charge in [-0.2, -0.15) is 0 Å². The lowest BCUT2D eigenvalue weighted by molar-refractivity contribution is 0.0984. The van der Waals surface area contributed by atoms with E-state index in [1.165, 1.54) is 6.07 Å². The quantitative estimate of drug-likeness (QED) is 0.329. The number of rotatable bonds is 4. The summed E-state index contributed by atoms with van der Waals surface area (Å²) in [5, 5.41) is 10.9. The molecule has 1 heterocycles. The minimum absolute atomic E-state index is 0.0202. The number of sulfonamides is 1. The van der Waals surface area contributed by atoms with Crippen molar-refractivity contribution in [1.82, 2.24) is 0 Å². The van der Waals surface area contributed by atoms with E-state index in [0.29, 0.717) is 26.1 Å². The molecule has 0 amide bonds. The van der Waals surface area contributed by atoms with E-state index in [9.17, 15) is 12.8 Å². The Morgan fingerprint density at radius 1 is 1.43 bits per heavy atom. The number of amidine groups is 1. The van der Waals surface area contributed by atoms with Gasteiger partial charge >= 0.3 is 0 Å². The predicted molar refractivity (Wildman–Crippen MR) is 75.3 cm³/mol. The standard InChI is InChI=1S/C12H16FN3O4S/c13-8-1-2-11(10(7-8)12(14)15-17)16-21(18,19)9-3-5-20-6-4-9/h1-2,7,9,16-17H,3-6H2,(H2,14,15). The highest BCUT2D eigenvalue weighted by molar-refractivity contribution is 7.93. The SMILES string of the molecule is N/C(=N/O)c1cc(F)ccc1NS(=O)(=O)C1CCOCC1.